The molecular weight excluding hydrogens is 474 g/mol. The first kappa shape index (κ1) is 22.8. The summed E-state index contributed by atoms with van der Waals surface area (Å²) in [7, 11) is 0. The first-order valence-corrected chi connectivity index (χ1v) is 13.0. The van der Waals surface area contributed by atoms with Crippen molar-refractivity contribution in [3.63, 3.8) is 0 Å². The number of halogens is 2. The summed E-state index contributed by atoms with van der Waals surface area (Å²) in [6, 6.07) is 6.43. The number of fused-ring (bicyclic) bond motifs is 1. The Morgan fingerprint density at radius 2 is 2.03 bits per heavy atom. The van der Waals surface area contributed by atoms with Gasteiger partial charge in [0, 0.05) is 60.2 Å². The van der Waals surface area contributed by atoms with Crippen molar-refractivity contribution < 1.29 is 8.78 Å². The Balaban J connectivity index is 1.01. The van der Waals surface area contributed by atoms with Crippen molar-refractivity contribution in [2.75, 3.05) is 18.0 Å². The van der Waals surface area contributed by atoms with Gasteiger partial charge in [0.05, 0.1) is 24.1 Å². The maximum absolute atomic E-state index is 13.9. The van der Waals surface area contributed by atoms with E-state index in [-0.39, 0.29) is 5.41 Å². The number of aromatic amines is 1. The van der Waals surface area contributed by atoms with Crippen molar-refractivity contribution in [1.82, 2.24) is 35.0 Å². The lowest BCUT2D eigenvalue weighted by molar-refractivity contribution is -0.226. The Bertz CT molecular complexity index is 1440. The second-order valence-corrected chi connectivity index (χ2v) is 11.2. The average Bonchev–Trinajstić information content (AvgIpc) is 3.59. The number of aromatic nitrogens is 6. The molecule has 10 heteroatoms. The van der Waals surface area contributed by atoms with E-state index in [0.29, 0.717) is 57.2 Å². The van der Waals surface area contributed by atoms with Gasteiger partial charge in [-0.3, -0.25) is 9.97 Å². The van der Waals surface area contributed by atoms with Crippen LogP contribution in [0.1, 0.15) is 44.0 Å². The van der Waals surface area contributed by atoms with Crippen LogP contribution in [0, 0.1) is 5.41 Å². The van der Waals surface area contributed by atoms with E-state index in [1.165, 1.54) is 0 Å². The van der Waals surface area contributed by atoms with Gasteiger partial charge >= 0.3 is 0 Å². The van der Waals surface area contributed by atoms with E-state index in [0.717, 1.165) is 40.1 Å². The zero-order valence-electron chi connectivity index (χ0n) is 20.8. The van der Waals surface area contributed by atoms with Crippen LogP contribution in [0.2, 0.25) is 0 Å². The molecule has 2 bridgehead atoms. The normalized spacial score (nSPS) is 27.3. The average molecular weight is 505 g/mol. The monoisotopic (exact) mass is 504 g/mol. The smallest absolute Gasteiger partial charge is 0.182 e. The van der Waals surface area contributed by atoms with E-state index in [1.54, 1.807) is 23.4 Å². The van der Waals surface area contributed by atoms with Gasteiger partial charge in [0.1, 0.15) is 18.2 Å². The van der Waals surface area contributed by atoms with E-state index in [1.807, 2.05) is 23.2 Å². The third kappa shape index (κ3) is 4.07. The summed E-state index contributed by atoms with van der Waals surface area (Å²) < 4.78 is 29.3. The number of alkyl halides is 2. The number of nitrogens with one attached hydrogen (secondary N) is 2. The number of pyridine rings is 2. The predicted octanol–water partition coefficient (Wildman–Crippen LogP) is 4.18. The molecule has 1 saturated heterocycles. The minimum atomic E-state index is -0.862. The molecule has 2 N–H and O–H groups in total. The number of hydrogen-bond donors (Lipinski definition) is 2. The highest BCUT2D eigenvalue weighted by molar-refractivity contribution is 5.79. The fourth-order valence-corrected chi connectivity index (χ4v) is 6.33. The van der Waals surface area contributed by atoms with Crippen LogP contribution in [0.4, 0.5) is 14.5 Å². The van der Waals surface area contributed by atoms with Gasteiger partial charge in [-0.2, -0.15) is 5.10 Å². The highest BCUT2D eigenvalue weighted by Gasteiger charge is 2.70. The van der Waals surface area contributed by atoms with Gasteiger partial charge in [-0.25, -0.2) is 18.4 Å². The van der Waals surface area contributed by atoms with Crippen molar-refractivity contribution >= 4 is 16.6 Å². The molecule has 192 valence electrons. The summed E-state index contributed by atoms with van der Waals surface area (Å²) in [5.74, 6) is 0.580. The number of H-pyrrole nitrogens is 1. The van der Waals surface area contributed by atoms with Crippen LogP contribution in [-0.4, -0.2) is 60.7 Å². The molecule has 8 rings (SSSR count). The Kier molecular flexibility index (Phi) is 5.11. The summed E-state index contributed by atoms with van der Waals surface area (Å²) in [4.78, 5) is 18.9. The molecule has 8 nitrogen and oxygen atoms in total. The Hall–Kier alpha value is -3.40. The zero-order chi connectivity index (χ0) is 25.2. The van der Waals surface area contributed by atoms with Gasteiger partial charge in [0.15, 0.2) is 5.82 Å². The van der Waals surface area contributed by atoms with Crippen LogP contribution in [0.15, 0.2) is 43.1 Å². The topological polar surface area (TPSA) is 87.6 Å². The molecule has 0 radical (unpaired) electrons. The Labute approximate surface area is 213 Å². The molecule has 0 amide bonds. The molecule has 4 aromatic heterocycles. The van der Waals surface area contributed by atoms with Crippen LogP contribution in [0.3, 0.4) is 0 Å². The summed E-state index contributed by atoms with van der Waals surface area (Å²) in [5.41, 5.74) is 3.99. The molecule has 3 saturated carbocycles. The van der Waals surface area contributed by atoms with E-state index >= 15 is 0 Å². The van der Waals surface area contributed by atoms with Gasteiger partial charge in [-0.1, -0.05) is 0 Å². The number of anilines is 1. The molecule has 1 unspecified atom stereocenters. The standard InChI is InChI=1S/C27H30F2N8/c1-17(26-13-27(29,14-26)15-26)31-9-21-4-18-8-32-22(6-24(18)34-21)12-37-16-33-25(35-37)19-5-23(10-30-7-19)36-3-2-20(28)11-36/h4-8,10,16-17,20,31,34H,2-3,9,11-15H2,1H3/t17?,20-,26?,27?/m0/s1. The summed E-state index contributed by atoms with van der Waals surface area (Å²) in [6.07, 6.45) is 8.94. The molecule has 4 aliphatic rings. The van der Waals surface area contributed by atoms with Crippen molar-refractivity contribution in [3.8, 4) is 11.4 Å². The molecule has 4 fully saturated rings. The molecule has 2 atom stereocenters. The largest absolute Gasteiger partial charge is 0.367 e. The van der Waals surface area contributed by atoms with Gasteiger partial charge < -0.3 is 15.2 Å². The second-order valence-electron chi connectivity index (χ2n) is 11.2. The molecule has 0 aromatic carbocycles. The Morgan fingerprint density at radius 3 is 2.81 bits per heavy atom. The third-order valence-corrected chi connectivity index (χ3v) is 8.48. The predicted molar refractivity (Wildman–Crippen MR) is 137 cm³/mol. The van der Waals surface area contributed by atoms with Gasteiger partial charge in [-0.15, -0.1) is 0 Å². The first-order valence-electron chi connectivity index (χ1n) is 13.0. The van der Waals surface area contributed by atoms with Gasteiger partial charge in [0.2, 0.25) is 0 Å². The molecular formula is C27H30F2N8. The lowest BCUT2D eigenvalue weighted by Crippen LogP contribution is -2.70. The lowest BCUT2D eigenvalue weighted by Gasteiger charge is -2.68. The van der Waals surface area contributed by atoms with Crippen LogP contribution in [0.5, 0.6) is 0 Å². The van der Waals surface area contributed by atoms with Crippen LogP contribution >= 0.6 is 0 Å². The maximum Gasteiger partial charge on any atom is 0.182 e. The highest BCUT2D eigenvalue weighted by Crippen LogP contribution is 2.70. The van der Waals surface area contributed by atoms with Crippen molar-refractivity contribution in [2.45, 2.75) is 63.6 Å². The van der Waals surface area contributed by atoms with Gasteiger partial charge in [-0.05, 0) is 56.2 Å². The highest BCUT2D eigenvalue weighted by atomic mass is 19.1. The summed E-state index contributed by atoms with van der Waals surface area (Å²) in [6.45, 7) is 4.47. The first-order chi connectivity index (χ1) is 17.9. The van der Waals surface area contributed by atoms with E-state index < -0.39 is 11.8 Å². The van der Waals surface area contributed by atoms with Crippen LogP contribution in [0.25, 0.3) is 22.3 Å². The SMILES string of the molecule is CC(NCc1cc2cnc(Cn3cnc(-c4cncc(N5CC[C@H](F)C5)c4)n3)cc2[nH]1)C12CC(F)(C1)C2. The van der Waals surface area contributed by atoms with E-state index in [4.69, 9.17) is 0 Å². The van der Waals surface area contributed by atoms with E-state index in [2.05, 4.69) is 43.3 Å². The number of hydrogen-bond acceptors (Lipinski definition) is 6. The maximum atomic E-state index is 13.9. The second kappa shape index (κ2) is 8.31. The molecule has 5 heterocycles. The summed E-state index contributed by atoms with van der Waals surface area (Å²) >= 11 is 0. The fourth-order valence-electron chi connectivity index (χ4n) is 6.33. The van der Waals surface area contributed by atoms with Crippen molar-refractivity contribution in [1.29, 1.82) is 0 Å². The third-order valence-electron chi connectivity index (χ3n) is 8.48. The van der Waals surface area contributed by atoms with Crippen molar-refractivity contribution in [3.05, 3.63) is 54.5 Å². The molecule has 0 spiro atoms. The Morgan fingerprint density at radius 1 is 1.16 bits per heavy atom. The quantitative estimate of drug-likeness (QED) is 0.374. The minimum absolute atomic E-state index is 0.162. The minimum Gasteiger partial charge on any atom is -0.367 e. The fraction of sp³-hybridized carbons (Fsp3) is 0.481. The van der Waals surface area contributed by atoms with Gasteiger partial charge in [0.25, 0.3) is 0 Å². The zero-order valence-corrected chi connectivity index (χ0v) is 20.8. The number of rotatable bonds is 8. The molecule has 1 aliphatic heterocycles. The molecule has 37 heavy (non-hydrogen) atoms. The lowest BCUT2D eigenvalue weighted by atomic mass is 9.40. The van der Waals surface area contributed by atoms with Crippen LogP contribution in [-0.2, 0) is 13.1 Å². The molecule has 3 aliphatic carbocycles. The number of nitrogens with zero attached hydrogens (tertiary/aromatic N) is 6. The van der Waals surface area contributed by atoms with Crippen molar-refractivity contribution in [2.24, 2.45) is 5.41 Å². The molecule has 4 aromatic rings. The van der Waals surface area contributed by atoms with E-state index in [9.17, 15) is 8.78 Å². The van der Waals surface area contributed by atoms with Crippen LogP contribution < -0.4 is 10.2 Å². The summed E-state index contributed by atoms with van der Waals surface area (Å²) in [5, 5.41) is 9.27.